The van der Waals surface area contributed by atoms with Crippen LogP contribution in [-0.4, -0.2) is 14.9 Å². The zero-order valence-corrected chi connectivity index (χ0v) is 10.5. The second kappa shape index (κ2) is 4.00. The molecule has 2 aromatic rings. The topological polar surface area (TPSA) is 38.0 Å². The molecule has 2 heterocycles. The summed E-state index contributed by atoms with van der Waals surface area (Å²) in [6.45, 7) is 0. The minimum Gasteiger partial charge on any atom is -0.382 e. The van der Waals surface area contributed by atoms with Gasteiger partial charge in [-0.1, -0.05) is 0 Å². The summed E-state index contributed by atoms with van der Waals surface area (Å²) in [5, 5.41) is 16.1. The second-order valence-electron chi connectivity index (χ2n) is 3.00. The van der Waals surface area contributed by atoms with Crippen LogP contribution >= 0.6 is 33.9 Å². The van der Waals surface area contributed by atoms with E-state index in [1.165, 1.54) is 2.88 Å². The van der Waals surface area contributed by atoms with E-state index in [1.807, 2.05) is 30.8 Å². The Hall–Kier alpha value is -0.400. The van der Waals surface area contributed by atoms with Crippen LogP contribution in [0.25, 0.3) is 0 Å². The standard InChI is InChI=1S/C9H9IN2OS/c1-12-3-2-7(11-12)9(13)6-4-8(10)14-5-6/h2-5,9,13H,1H3. The first-order valence-electron chi connectivity index (χ1n) is 4.08. The summed E-state index contributed by atoms with van der Waals surface area (Å²) in [4.78, 5) is 0. The van der Waals surface area contributed by atoms with Crippen LogP contribution in [0, 0.1) is 2.88 Å². The van der Waals surface area contributed by atoms with Crippen LogP contribution in [0.5, 0.6) is 0 Å². The highest BCUT2D eigenvalue weighted by Crippen LogP contribution is 2.25. The molecule has 1 atom stereocenters. The van der Waals surface area contributed by atoms with Gasteiger partial charge in [-0.25, -0.2) is 0 Å². The summed E-state index contributed by atoms with van der Waals surface area (Å²) in [6, 6.07) is 3.81. The molecule has 0 aliphatic rings. The van der Waals surface area contributed by atoms with Crippen molar-refractivity contribution >= 4 is 33.9 Å². The molecule has 3 nitrogen and oxygen atoms in total. The first-order chi connectivity index (χ1) is 6.66. The highest BCUT2D eigenvalue weighted by atomic mass is 127. The molecule has 0 radical (unpaired) electrons. The number of thiophene rings is 1. The van der Waals surface area contributed by atoms with E-state index >= 15 is 0 Å². The molecule has 74 valence electrons. The first-order valence-corrected chi connectivity index (χ1v) is 6.04. The molecule has 0 saturated heterocycles. The Morgan fingerprint density at radius 2 is 2.43 bits per heavy atom. The number of aliphatic hydroxyl groups is 1. The highest BCUT2D eigenvalue weighted by molar-refractivity contribution is 14.1. The number of nitrogens with zero attached hydrogens (tertiary/aromatic N) is 2. The van der Waals surface area contributed by atoms with Gasteiger partial charge in [-0.3, -0.25) is 4.68 Å². The van der Waals surface area contributed by atoms with Crippen LogP contribution in [0.1, 0.15) is 17.4 Å². The molecule has 0 aromatic carbocycles. The zero-order chi connectivity index (χ0) is 10.1. The molecular weight excluding hydrogens is 311 g/mol. The highest BCUT2D eigenvalue weighted by Gasteiger charge is 2.14. The van der Waals surface area contributed by atoms with Crippen LogP contribution < -0.4 is 0 Å². The summed E-state index contributed by atoms with van der Waals surface area (Å²) < 4.78 is 2.86. The Bertz CT molecular complexity index is 397. The van der Waals surface area contributed by atoms with Gasteiger partial charge in [0.05, 0.1) is 8.58 Å². The van der Waals surface area contributed by atoms with Crippen molar-refractivity contribution in [1.29, 1.82) is 0 Å². The fraction of sp³-hybridized carbons (Fsp3) is 0.222. The van der Waals surface area contributed by atoms with Crippen molar-refractivity contribution in [2.45, 2.75) is 6.10 Å². The zero-order valence-electron chi connectivity index (χ0n) is 7.51. The molecule has 2 aromatic heterocycles. The molecule has 0 amide bonds. The predicted molar refractivity (Wildman–Crippen MR) is 64.3 cm³/mol. The molecule has 0 fully saturated rings. The fourth-order valence-corrected chi connectivity index (χ4v) is 2.61. The number of aromatic nitrogens is 2. The third kappa shape index (κ3) is 1.99. The van der Waals surface area contributed by atoms with Gasteiger partial charge >= 0.3 is 0 Å². The maximum Gasteiger partial charge on any atom is 0.124 e. The third-order valence-corrected chi connectivity index (χ3v) is 3.73. The monoisotopic (exact) mass is 320 g/mol. The summed E-state index contributed by atoms with van der Waals surface area (Å²) in [5.74, 6) is 0. The molecule has 1 N–H and O–H groups in total. The van der Waals surface area contributed by atoms with Crippen LogP contribution in [0.3, 0.4) is 0 Å². The van der Waals surface area contributed by atoms with Crippen molar-refractivity contribution in [3.8, 4) is 0 Å². The van der Waals surface area contributed by atoms with Crippen molar-refractivity contribution in [2.24, 2.45) is 7.05 Å². The van der Waals surface area contributed by atoms with E-state index in [2.05, 4.69) is 27.7 Å². The van der Waals surface area contributed by atoms with Gasteiger partial charge < -0.3 is 5.11 Å². The lowest BCUT2D eigenvalue weighted by atomic mass is 10.1. The van der Waals surface area contributed by atoms with Crippen molar-refractivity contribution in [3.05, 3.63) is 37.9 Å². The molecular formula is C9H9IN2OS. The Balaban J connectivity index is 2.28. The first kappa shape index (κ1) is 10.1. The quantitative estimate of drug-likeness (QED) is 0.861. The molecule has 1 unspecified atom stereocenters. The van der Waals surface area contributed by atoms with E-state index < -0.39 is 6.10 Å². The van der Waals surface area contributed by atoms with E-state index in [9.17, 15) is 5.11 Å². The van der Waals surface area contributed by atoms with E-state index in [-0.39, 0.29) is 0 Å². The van der Waals surface area contributed by atoms with E-state index in [4.69, 9.17) is 0 Å². The van der Waals surface area contributed by atoms with Crippen molar-refractivity contribution < 1.29 is 5.11 Å². The number of aryl methyl sites for hydroxylation is 1. The van der Waals surface area contributed by atoms with Gasteiger partial charge in [0.15, 0.2) is 0 Å². The minimum atomic E-state index is -0.601. The van der Waals surface area contributed by atoms with Gasteiger partial charge in [0, 0.05) is 13.2 Å². The Morgan fingerprint density at radius 1 is 1.64 bits per heavy atom. The van der Waals surface area contributed by atoms with Gasteiger partial charge in [0.1, 0.15) is 6.10 Å². The number of hydrogen-bond acceptors (Lipinski definition) is 3. The van der Waals surface area contributed by atoms with Crippen LogP contribution in [-0.2, 0) is 7.05 Å². The number of aliphatic hydroxyl groups excluding tert-OH is 1. The van der Waals surface area contributed by atoms with Gasteiger partial charge in [0.2, 0.25) is 0 Å². The fourth-order valence-electron chi connectivity index (χ4n) is 1.22. The summed E-state index contributed by atoms with van der Waals surface area (Å²) in [7, 11) is 1.84. The Kier molecular flexibility index (Phi) is 2.89. The summed E-state index contributed by atoms with van der Waals surface area (Å²) >= 11 is 3.87. The van der Waals surface area contributed by atoms with Crippen molar-refractivity contribution in [3.63, 3.8) is 0 Å². The van der Waals surface area contributed by atoms with Crippen molar-refractivity contribution in [2.75, 3.05) is 0 Å². The van der Waals surface area contributed by atoms with Crippen molar-refractivity contribution in [1.82, 2.24) is 9.78 Å². The van der Waals surface area contributed by atoms with E-state index in [0.29, 0.717) is 5.69 Å². The van der Waals surface area contributed by atoms with Gasteiger partial charge in [0.25, 0.3) is 0 Å². The molecule has 14 heavy (non-hydrogen) atoms. The SMILES string of the molecule is Cn1ccc(C(O)c2csc(I)c2)n1. The molecule has 0 aliphatic heterocycles. The average Bonchev–Trinajstić information content (AvgIpc) is 2.73. The second-order valence-corrected chi connectivity index (χ2v) is 5.81. The Labute approximate surface area is 99.5 Å². The molecule has 2 rings (SSSR count). The van der Waals surface area contributed by atoms with E-state index in [1.54, 1.807) is 16.0 Å². The average molecular weight is 320 g/mol. The molecule has 5 heteroatoms. The molecule has 0 saturated carbocycles. The van der Waals surface area contributed by atoms with E-state index in [0.717, 1.165) is 5.56 Å². The van der Waals surface area contributed by atoms with Crippen LogP contribution in [0.2, 0.25) is 0 Å². The Morgan fingerprint density at radius 3 is 2.93 bits per heavy atom. The largest absolute Gasteiger partial charge is 0.382 e. The van der Waals surface area contributed by atoms with Crippen LogP contribution in [0.15, 0.2) is 23.7 Å². The lowest BCUT2D eigenvalue weighted by molar-refractivity contribution is 0.215. The maximum absolute atomic E-state index is 9.95. The number of hydrogen-bond donors (Lipinski definition) is 1. The number of halogens is 1. The molecule has 0 aliphatic carbocycles. The van der Waals surface area contributed by atoms with Gasteiger partial charge in [-0.15, -0.1) is 11.3 Å². The minimum absolute atomic E-state index is 0.601. The van der Waals surface area contributed by atoms with Gasteiger partial charge in [-0.2, -0.15) is 5.10 Å². The third-order valence-electron chi connectivity index (χ3n) is 1.92. The molecule has 0 bridgehead atoms. The predicted octanol–water partition coefficient (Wildman–Crippen LogP) is 2.17. The van der Waals surface area contributed by atoms with Crippen LogP contribution in [0.4, 0.5) is 0 Å². The lowest BCUT2D eigenvalue weighted by Gasteiger charge is -2.03. The molecule has 0 spiro atoms. The summed E-state index contributed by atoms with van der Waals surface area (Å²) in [6.07, 6.45) is 1.23. The lowest BCUT2D eigenvalue weighted by Crippen LogP contribution is -2.00. The maximum atomic E-state index is 9.95. The van der Waals surface area contributed by atoms with Gasteiger partial charge in [-0.05, 0) is 45.7 Å². The number of rotatable bonds is 2. The normalized spacial score (nSPS) is 13.1. The smallest absolute Gasteiger partial charge is 0.124 e. The summed E-state index contributed by atoms with van der Waals surface area (Å²) in [5.41, 5.74) is 1.61.